The van der Waals surface area contributed by atoms with Gasteiger partial charge in [-0.3, -0.25) is 0 Å². The van der Waals surface area contributed by atoms with Crippen molar-refractivity contribution in [2.75, 3.05) is 7.05 Å². The van der Waals surface area contributed by atoms with E-state index < -0.39 is 0 Å². The lowest BCUT2D eigenvalue weighted by Gasteiger charge is -2.25. The zero-order valence-electron chi connectivity index (χ0n) is 12.3. The maximum Gasteiger partial charge on any atom is 0.314 e. The number of carbonyl (C=O) groups is 1. The summed E-state index contributed by atoms with van der Waals surface area (Å²) < 4.78 is 1.87. The van der Waals surface area contributed by atoms with Crippen molar-refractivity contribution in [1.29, 1.82) is 0 Å². The molecule has 0 bridgehead atoms. The fourth-order valence-corrected chi connectivity index (χ4v) is 3.01. The molecule has 116 valence electrons. The molecule has 0 aliphatic heterocycles. The van der Waals surface area contributed by atoms with Crippen LogP contribution in [0, 0.1) is 0 Å². The molecule has 1 aliphatic rings. The normalized spacial score (nSPS) is 16.9. The van der Waals surface area contributed by atoms with Crippen molar-refractivity contribution < 1.29 is 4.79 Å². The van der Waals surface area contributed by atoms with Crippen molar-refractivity contribution in [1.82, 2.24) is 25.6 Å². The number of nitrogens with zero attached hydrogens (tertiary/aromatic N) is 3. The number of aromatic nitrogens is 3. The number of nitrogens with one attached hydrogen (secondary N) is 2. The maximum absolute atomic E-state index is 11.2. The third-order valence-electron chi connectivity index (χ3n) is 3.92. The van der Waals surface area contributed by atoms with Crippen molar-refractivity contribution in [2.45, 2.75) is 31.8 Å². The second-order valence-electron chi connectivity index (χ2n) is 5.37. The Hall–Kier alpha value is -2.08. The number of rotatable bonds is 3. The van der Waals surface area contributed by atoms with E-state index in [1.54, 1.807) is 7.05 Å². The molecule has 1 aromatic heterocycles. The molecule has 3 rings (SSSR count). The number of halogens is 1. The van der Waals surface area contributed by atoms with Gasteiger partial charge in [-0.05, 0) is 42.5 Å². The van der Waals surface area contributed by atoms with Crippen molar-refractivity contribution in [3.63, 3.8) is 0 Å². The van der Waals surface area contributed by atoms with E-state index in [-0.39, 0.29) is 12.1 Å². The molecule has 7 heteroatoms. The minimum Gasteiger partial charge on any atom is -0.341 e. The summed E-state index contributed by atoms with van der Waals surface area (Å²) in [5.74, 6) is 0. The lowest BCUT2D eigenvalue weighted by Crippen LogP contribution is -2.32. The largest absolute Gasteiger partial charge is 0.341 e. The standard InChI is InChI=1S/C15H18ClN5O/c1-17-15(22)18-8-12-9-21(20-19-12)14-4-2-3-10-5-6-11(16)7-13(10)14/h5-7,9,14H,2-4,8H2,1H3,(H2,17,18,22)/t14-/m0/s1. The van der Waals surface area contributed by atoms with Crippen LogP contribution >= 0.6 is 11.6 Å². The summed E-state index contributed by atoms with van der Waals surface area (Å²) >= 11 is 6.14. The lowest BCUT2D eigenvalue weighted by molar-refractivity contribution is 0.242. The SMILES string of the molecule is CNC(=O)NCc1cn([C@H]2CCCc3ccc(Cl)cc32)nn1. The molecular weight excluding hydrogens is 302 g/mol. The van der Waals surface area contributed by atoms with E-state index in [9.17, 15) is 4.79 Å². The topological polar surface area (TPSA) is 71.8 Å². The summed E-state index contributed by atoms with van der Waals surface area (Å²) in [5, 5.41) is 14.3. The molecule has 2 aromatic rings. The molecule has 1 aromatic carbocycles. The van der Waals surface area contributed by atoms with Gasteiger partial charge in [0.25, 0.3) is 0 Å². The van der Waals surface area contributed by atoms with E-state index >= 15 is 0 Å². The third-order valence-corrected chi connectivity index (χ3v) is 4.16. The maximum atomic E-state index is 11.2. The summed E-state index contributed by atoms with van der Waals surface area (Å²) in [6.07, 6.45) is 5.09. The van der Waals surface area contributed by atoms with E-state index in [0.29, 0.717) is 6.54 Å². The Morgan fingerprint density at radius 1 is 1.50 bits per heavy atom. The Balaban J connectivity index is 1.80. The molecular formula is C15H18ClN5O. The first-order chi connectivity index (χ1) is 10.7. The monoisotopic (exact) mass is 319 g/mol. The van der Waals surface area contributed by atoms with Gasteiger partial charge in [0.1, 0.15) is 5.69 Å². The van der Waals surface area contributed by atoms with Gasteiger partial charge in [-0.2, -0.15) is 0 Å². The fourth-order valence-electron chi connectivity index (χ4n) is 2.83. The first kappa shape index (κ1) is 14.8. The number of aryl methyl sites for hydroxylation is 1. The molecule has 0 radical (unpaired) electrons. The van der Waals surface area contributed by atoms with Crippen LogP contribution in [0.1, 0.15) is 35.7 Å². The van der Waals surface area contributed by atoms with Gasteiger partial charge in [-0.15, -0.1) is 5.10 Å². The highest BCUT2D eigenvalue weighted by atomic mass is 35.5. The van der Waals surface area contributed by atoms with Crippen LogP contribution in [-0.4, -0.2) is 28.1 Å². The summed E-state index contributed by atoms with van der Waals surface area (Å²) in [6.45, 7) is 0.356. The number of fused-ring (bicyclic) bond motifs is 1. The Morgan fingerprint density at radius 2 is 2.36 bits per heavy atom. The van der Waals surface area contributed by atoms with Gasteiger partial charge < -0.3 is 10.6 Å². The number of urea groups is 1. The van der Waals surface area contributed by atoms with Crippen molar-refractivity contribution in [3.8, 4) is 0 Å². The zero-order chi connectivity index (χ0) is 15.5. The van der Waals surface area contributed by atoms with E-state index in [1.807, 2.05) is 23.0 Å². The van der Waals surface area contributed by atoms with Gasteiger partial charge in [-0.1, -0.05) is 22.9 Å². The van der Waals surface area contributed by atoms with Crippen LogP contribution < -0.4 is 10.6 Å². The Bertz CT molecular complexity index is 684. The van der Waals surface area contributed by atoms with E-state index in [4.69, 9.17) is 11.6 Å². The molecule has 2 N–H and O–H groups in total. The third kappa shape index (κ3) is 3.06. The predicted octanol–water partition coefficient (Wildman–Crippen LogP) is 2.29. The Labute approximate surface area is 133 Å². The molecule has 0 spiro atoms. The first-order valence-corrected chi connectivity index (χ1v) is 7.70. The molecule has 0 saturated carbocycles. The van der Waals surface area contributed by atoms with E-state index in [2.05, 4.69) is 27.0 Å². The summed E-state index contributed by atoms with van der Waals surface area (Å²) in [5.41, 5.74) is 3.27. The fraction of sp³-hybridized carbons (Fsp3) is 0.400. The highest BCUT2D eigenvalue weighted by Gasteiger charge is 2.23. The highest BCUT2D eigenvalue weighted by molar-refractivity contribution is 6.30. The van der Waals surface area contributed by atoms with Gasteiger partial charge in [0, 0.05) is 12.1 Å². The van der Waals surface area contributed by atoms with E-state index in [1.165, 1.54) is 11.1 Å². The molecule has 22 heavy (non-hydrogen) atoms. The number of hydrogen-bond donors (Lipinski definition) is 2. The zero-order valence-corrected chi connectivity index (χ0v) is 13.1. The van der Waals surface area contributed by atoms with Crippen LogP contribution in [0.4, 0.5) is 4.79 Å². The van der Waals surface area contributed by atoms with Gasteiger partial charge in [0.15, 0.2) is 0 Å². The quantitative estimate of drug-likeness (QED) is 0.911. The van der Waals surface area contributed by atoms with Gasteiger partial charge >= 0.3 is 6.03 Å². The molecule has 2 amide bonds. The minimum atomic E-state index is -0.232. The molecule has 1 atom stereocenters. The van der Waals surface area contributed by atoms with Crippen LogP contribution in [-0.2, 0) is 13.0 Å². The van der Waals surface area contributed by atoms with E-state index in [0.717, 1.165) is 30.0 Å². The van der Waals surface area contributed by atoms with Crippen LogP contribution in [0.5, 0.6) is 0 Å². The van der Waals surface area contributed by atoms with Crippen LogP contribution in [0.3, 0.4) is 0 Å². The Morgan fingerprint density at radius 3 is 3.18 bits per heavy atom. The van der Waals surface area contributed by atoms with Crippen molar-refractivity contribution in [3.05, 3.63) is 46.2 Å². The van der Waals surface area contributed by atoms with Gasteiger partial charge in [0.05, 0.1) is 18.8 Å². The minimum absolute atomic E-state index is 0.156. The molecule has 0 saturated heterocycles. The number of hydrogen-bond acceptors (Lipinski definition) is 3. The summed E-state index contributed by atoms with van der Waals surface area (Å²) in [6, 6.07) is 5.97. The number of carbonyl (C=O) groups excluding carboxylic acids is 1. The highest BCUT2D eigenvalue weighted by Crippen LogP contribution is 2.33. The van der Waals surface area contributed by atoms with Crippen LogP contribution in [0.2, 0.25) is 5.02 Å². The average molecular weight is 320 g/mol. The van der Waals surface area contributed by atoms with Gasteiger partial charge in [0.2, 0.25) is 0 Å². The first-order valence-electron chi connectivity index (χ1n) is 7.32. The summed E-state index contributed by atoms with van der Waals surface area (Å²) in [7, 11) is 1.58. The second kappa shape index (κ2) is 6.36. The molecule has 0 unspecified atom stereocenters. The van der Waals surface area contributed by atoms with Crippen molar-refractivity contribution in [2.24, 2.45) is 0 Å². The van der Waals surface area contributed by atoms with Gasteiger partial charge in [-0.25, -0.2) is 9.48 Å². The number of benzene rings is 1. The predicted molar refractivity (Wildman–Crippen MR) is 83.8 cm³/mol. The molecule has 0 fully saturated rings. The smallest absolute Gasteiger partial charge is 0.314 e. The summed E-state index contributed by atoms with van der Waals surface area (Å²) in [4.78, 5) is 11.2. The molecule has 1 aliphatic carbocycles. The van der Waals surface area contributed by atoms with Crippen molar-refractivity contribution >= 4 is 17.6 Å². The molecule has 6 nitrogen and oxygen atoms in total. The lowest BCUT2D eigenvalue weighted by atomic mass is 9.88. The number of amides is 2. The van der Waals surface area contributed by atoms with Crippen LogP contribution in [0.25, 0.3) is 0 Å². The van der Waals surface area contributed by atoms with Crippen LogP contribution in [0.15, 0.2) is 24.4 Å². The second-order valence-corrected chi connectivity index (χ2v) is 5.81. The molecule has 1 heterocycles. The Kier molecular flexibility index (Phi) is 4.29. The average Bonchev–Trinajstić information content (AvgIpc) is 3.00.